The second-order valence-corrected chi connectivity index (χ2v) is 17.3. The summed E-state index contributed by atoms with van der Waals surface area (Å²) in [4.78, 5) is 71.3. The molecule has 4 aliphatic rings. The number of hydrogen-bond acceptors (Lipinski definition) is 9. The highest BCUT2D eigenvalue weighted by Crippen LogP contribution is 2.48. The number of alkyl carbamates (subject to hydrolysis) is 1. The predicted octanol–water partition coefficient (Wildman–Crippen LogP) is 4.27. The Morgan fingerprint density at radius 3 is 2.35 bits per heavy atom. The van der Waals surface area contributed by atoms with E-state index in [2.05, 4.69) is 15.4 Å². The fourth-order valence-electron chi connectivity index (χ4n) is 7.62. The van der Waals surface area contributed by atoms with Crippen molar-refractivity contribution in [2.24, 2.45) is 5.92 Å². The number of halogens is 1. The molecular formula is C38H48FN5O9S. The molecule has 3 fully saturated rings. The van der Waals surface area contributed by atoms with E-state index in [1.165, 1.54) is 40.1 Å². The molecule has 0 bridgehead atoms. The van der Waals surface area contributed by atoms with Crippen LogP contribution in [-0.2, 0) is 47.0 Å². The summed E-state index contributed by atoms with van der Waals surface area (Å²) in [6.45, 7) is 5.00. The molecule has 14 nitrogen and oxygen atoms in total. The van der Waals surface area contributed by atoms with Gasteiger partial charge < -0.3 is 25.0 Å². The second kappa shape index (κ2) is 15.6. The Bertz CT molecular complexity index is 1890. The number of amides is 5. The van der Waals surface area contributed by atoms with Crippen LogP contribution in [0.1, 0.15) is 89.7 Å². The van der Waals surface area contributed by atoms with Gasteiger partial charge >= 0.3 is 12.2 Å². The number of ether oxygens (including phenoxy) is 2. The van der Waals surface area contributed by atoms with Crippen LogP contribution in [0.25, 0.3) is 0 Å². The molecule has 0 aromatic heterocycles. The number of fused-ring (bicyclic) bond motifs is 3. The summed E-state index contributed by atoms with van der Waals surface area (Å²) in [7, 11) is -4.27. The van der Waals surface area contributed by atoms with E-state index < -0.39 is 75.1 Å². The molecule has 2 aromatic carbocycles. The van der Waals surface area contributed by atoms with E-state index in [4.69, 9.17) is 9.47 Å². The Kier molecular flexibility index (Phi) is 11.2. The van der Waals surface area contributed by atoms with E-state index >= 15 is 0 Å². The smallest absolute Gasteiger partial charge is 0.410 e. The number of carbonyl (C=O) groups excluding carboxylic acids is 5. The molecule has 1 saturated carbocycles. The molecule has 3 heterocycles. The highest BCUT2D eigenvalue weighted by molar-refractivity contribution is 7.90. The van der Waals surface area contributed by atoms with E-state index in [1.807, 2.05) is 0 Å². The van der Waals surface area contributed by atoms with Gasteiger partial charge in [0.05, 0.1) is 18.0 Å². The number of carbonyl (C=O) groups is 5. The molecule has 5 atom stereocenters. The zero-order chi connectivity index (χ0) is 38.8. The zero-order valence-electron chi connectivity index (χ0n) is 30.8. The summed E-state index contributed by atoms with van der Waals surface area (Å²) >= 11 is 0. The topological polar surface area (TPSA) is 181 Å². The van der Waals surface area contributed by atoms with Crippen LogP contribution in [0.2, 0.25) is 0 Å². The molecule has 292 valence electrons. The molecule has 0 spiro atoms. The molecular weight excluding hydrogens is 722 g/mol. The fourth-order valence-corrected chi connectivity index (χ4v) is 8.68. The molecule has 6 rings (SSSR count). The third-order valence-corrected chi connectivity index (χ3v) is 11.8. The van der Waals surface area contributed by atoms with E-state index in [9.17, 15) is 36.8 Å². The van der Waals surface area contributed by atoms with E-state index in [-0.39, 0.29) is 49.7 Å². The minimum Gasteiger partial charge on any atom is -0.444 e. The Hall–Kier alpha value is -4.73. The maximum Gasteiger partial charge on any atom is 0.410 e. The van der Waals surface area contributed by atoms with Gasteiger partial charge in [0, 0.05) is 18.5 Å². The quantitative estimate of drug-likeness (QED) is 0.401. The van der Waals surface area contributed by atoms with Crippen LogP contribution in [0, 0.1) is 11.7 Å². The third-order valence-electron chi connectivity index (χ3n) is 10.5. The number of nitrogens with one attached hydrogen (secondary N) is 3. The molecule has 2 saturated heterocycles. The van der Waals surface area contributed by atoms with Crippen LogP contribution in [-0.4, -0.2) is 84.0 Å². The van der Waals surface area contributed by atoms with Crippen molar-refractivity contribution in [1.82, 2.24) is 25.2 Å². The lowest BCUT2D eigenvalue weighted by Gasteiger charge is -2.30. The van der Waals surface area contributed by atoms with Gasteiger partial charge in [0.15, 0.2) is 0 Å². The van der Waals surface area contributed by atoms with Crippen molar-refractivity contribution in [3.63, 3.8) is 0 Å². The highest BCUT2D eigenvalue weighted by Gasteiger charge is 2.62. The van der Waals surface area contributed by atoms with E-state index in [0.717, 1.165) is 25.7 Å². The lowest BCUT2D eigenvalue weighted by molar-refractivity contribution is -0.141. The lowest BCUT2D eigenvalue weighted by atomic mass is 10.0. The van der Waals surface area contributed by atoms with Crippen LogP contribution in [0.5, 0.6) is 0 Å². The van der Waals surface area contributed by atoms with Crippen molar-refractivity contribution in [2.45, 2.75) is 126 Å². The number of nitrogens with zero attached hydrogens (tertiary/aromatic N) is 2. The van der Waals surface area contributed by atoms with Crippen molar-refractivity contribution in [1.29, 1.82) is 0 Å². The molecule has 3 aliphatic heterocycles. The predicted molar refractivity (Wildman–Crippen MR) is 192 cm³/mol. The molecule has 2 aromatic rings. The first-order chi connectivity index (χ1) is 25.6. The molecule has 0 radical (unpaired) electrons. The Labute approximate surface area is 314 Å². The average molecular weight is 770 g/mol. The molecule has 0 unspecified atom stereocenters. The SMILES string of the molecule is CC(C)(C)OC(=O)N[C@H]1CCCCCCC[C@@H]2C[C@@]2(C(=O)NS(=O)(=O)c2ccccc2)NC(=O)[C@@H]2C[C@@H](OC(=O)N3Cc4cccc(F)c4C3)CN2C1=O. The highest BCUT2D eigenvalue weighted by atomic mass is 32.2. The fraction of sp³-hybridized carbons (Fsp3) is 0.553. The van der Waals surface area contributed by atoms with Gasteiger partial charge in [0.25, 0.3) is 15.9 Å². The largest absolute Gasteiger partial charge is 0.444 e. The summed E-state index contributed by atoms with van der Waals surface area (Å²) < 4.78 is 54.3. The molecule has 3 N–H and O–H groups in total. The maximum absolute atomic E-state index is 14.4. The molecule has 5 amide bonds. The summed E-state index contributed by atoms with van der Waals surface area (Å²) in [5.74, 6) is -2.98. The molecule has 54 heavy (non-hydrogen) atoms. The van der Waals surface area contributed by atoms with E-state index in [0.29, 0.717) is 24.0 Å². The Morgan fingerprint density at radius 2 is 1.65 bits per heavy atom. The van der Waals surface area contributed by atoms with Crippen molar-refractivity contribution in [3.8, 4) is 0 Å². The second-order valence-electron chi connectivity index (χ2n) is 15.6. The first-order valence-corrected chi connectivity index (χ1v) is 20.0. The van der Waals surface area contributed by atoms with Gasteiger partial charge in [-0.05, 0) is 69.7 Å². The van der Waals surface area contributed by atoms with Gasteiger partial charge in [-0.15, -0.1) is 0 Å². The van der Waals surface area contributed by atoms with Crippen molar-refractivity contribution in [2.75, 3.05) is 6.54 Å². The minimum atomic E-state index is -4.27. The monoisotopic (exact) mass is 769 g/mol. The van der Waals surface area contributed by atoms with Crippen LogP contribution in [0.3, 0.4) is 0 Å². The normalized spacial score (nSPS) is 26.2. The summed E-state index contributed by atoms with van der Waals surface area (Å²) in [5.41, 5.74) is -1.36. The number of hydrogen-bond donors (Lipinski definition) is 3. The van der Waals surface area contributed by atoms with Gasteiger partial charge in [0.1, 0.15) is 35.1 Å². The molecule has 1 aliphatic carbocycles. The van der Waals surface area contributed by atoms with Crippen molar-refractivity contribution in [3.05, 3.63) is 65.5 Å². The Balaban J connectivity index is 1.26. The van der Waals surface area contributed by atoms with Gasteiger partial charge in [-0.2, -0.15) is 0 Å². The van der Waals surface area contributed by atoms with Gasteiger partial charge in [-0.1, -0.05) is 62.4 Å². The number of benzene rings is 2. The molecule has 16 heteroatoms. The Morgan fingerprint density at radius 1 is 0.944 bits per heavy atom. The summed E-state index contributed by atoms with van der Waals surface area (Å²) in [6, 6.07) is 9.70. The van der Waals surface area contributed by atoms with Crippen molar-refractivity contribution < 1.29 is 46.3 Å². The standard InChI is InChI=1S/C38H48FN5O9S/c1-37(2,3)53-35(48)40-30-18-11-6-4-5-8-14-25-20-38(25,34(47)42-54(50,51)27-15-9-7-10-16-27)41-32(45)31-19-26(22-44(31)33(30)46)52-36(49)43-21-24-13-12-17-29(39)28(24)23-43/h7,9-10,12-13,15-17,25-26,30-31H,4-6,8,11,14,18-23H2,1-3H3,(H,40,48)(H,41,45)(H,42,47)/t25-,26-,30+,31+,38-/m1/s1. The van der Waals surface area contributed by atoms with Crippen LogP contribution in [0.15, 0.2) is 53.4 Å². The van der Waals surface area contributed by atoms with Crippen LogP contribution < -0.4 is 15.4 Å². The summed E-state index contributed by atoms with van der Waals surface area (Å²) in [6.07, 6.45) is 2.08. The lowest BCUT2D eigenvalue weighted by Crippen LogP contribution is -2.58. The zero-order valence-corrected chi connectivity index (χ0v) is 31.6. The van der Waals surface area contributed by atoms with E-state index in [1.54, 1.807) is 39.0 Å². The number of rotatable bonds is 5. The van der Waals surface area contributed by atoms with Crippen LogP contribution in [0.4, 0.5) is 14.0 Å². The first-order valence-electron chi connectivity index (χ1n) is 18.5. The average Bonchev–Trinajstić information content (AvgIpc) is 3.40. The van der Waals surface area contributed by atoms with Gasteiger partial charge in [-0.25, -0.2) is 27.1 Å². The summed E-state index contributed by atoms with van der Waals surface area (Å²) in [5, 5.41) is 5.50. The van der Waals surface area contributed by atoms with Crippen molar-refractivity contribution >= 4 is 39.9 Å². The van der Waals surface area contributed by atoms with Gasteiger partial charge in [0.2, 0.25) is 11.8 Å². The van der Waals surface area contributed by atoms with Gasteiger partial charge in [-0.3, -0.25) is 19.3 Å². The van der Waals surface area contributed by atoms with Crippen LogP contribution >= 0.6 is 0 Å². The number of sulfonamides is 1. The minimum absolute atomic E-state index is 0.00703. The third kappa shape index (κ3) is 8.79. The maximum atomic E-state index is 14.4. The first kappa shape index (κ1) is 39.0.